The van der Waals surface area contributed by atoms with Crippen molar-refractivity contribution in [2.24, 2.45) is 13.0 Å². The molecule has 1 unspecified atom stereocenters. The molecule has 1 atom stereocenters. The molecule has 1 heterocycles. The van der Waals surface area contributed by atoms with Crippen LogP contribution in [0.25, 0.3) is 0 Å². The third-order valence-electron chi connectivity index (χ3n) is 2.08. The molecule has 0 aliphatic rings. The maximum absolute atomic E-state index is 9.57. The largest absolute Gasteiger partial charge is 0.392 e. The van der Waals surface area contributed by atoms with Gasteiger partial charge in [0.15, 0.2) is 0 Å². The molecule has 68 valence electrons. The molecule has 0 radical (unpaired) electrons. The maximum Gasteiger partial charge on any atom is 0.110 e. The van der Waals surface area contributed by atoms with E-state index < -0.39 is 0 Å². The molecule has 3 heteroatoms. The van der Waals surface area contributed by atoms with E-state index in [2.05, 4.69) is 4.98 Å². The van der Waals surface area contributed by atoms with E-state index in [4.69, 9.17) is 0 Å². The van der Waals surface area contributed by atoms with Crippen LogP contribution in [-0.2, 0) is 13.5 Å². The molecule has 0 saturated carbocycles. The highest BCUT2D eigenvalue weighted by molar-refractivity contribution is 4.93. The Labute approximate surface area is 73.1 Å². The number of nitrogens with zero attached hydrogens (tertiary/aromatic N) is 2. The van der Waals surface area contributed by atoms with Gasteiger partial charge in [-0.15, -0.1) is 0 Å². The van der Waals surface area contributed by atoms with E-state index in [1.54, 1.807) is 6.20 Å². The summed E-state index contributed by atoms with van der Waals surface area (Å²) in [6.45, 7) is 4.02. The van der Waals surface area contributed by atoms with Crippen molar-refractivity contribution < 1.29 is 5.11 Å². The summed E-state index contributed by atoms with van der Waals surface area (Å²) in [4.78, 5) is 4.14. The van der Waals surface area contributed by atoms with Crippen LogP contribution in [0.3, 0.4) is 0 Å². The molecule has 1 aromatic rings. The van der Waals surface area contributed by atoms with Gasteiger partial charge in [-0.05, 0) is 5.92 Å². The van der Waals surface area contributed by atoms with Gasteiger partial charge in [-0.2, -0.15) is 0 Å². The third kappa shape index (κ3) is 2.08. The standard InChI is InChI=1S/C9H16N2O/c1-7(2)8(12)6-9-10-4-5-11(9)3/h4-5,7-8,12H,6H2,1-3H3. The molecular formula is C9H16N2O. The highest BCUT2D eigenvalue weighted by atomic mass is 16.3. The zero-order chi connectivity index (χ0) is 9.14. The fourth-order valence-electron chi connectivity index (χ4n) is 1.02. The lowest BCUT2D eigenvalue weighted by molar-refractivity contribution is 0.123. The van der Waals surface area contributed by atoms with Gasteiger partial charge in [0.05, 0.1) is 6.10 Å². The number of rotatable bonds is 3. The minimum atomic E-state index is -0.286. The van der Waals surface area contributed by atoms with E-state index >= 15 is 0 Å². The van der Waals surface area contributed by atoms with E-state index in [1.165, 1.54) is 0 Å². The molecule has 0 spiro atoms. The summed E-state index contributed by atoms with van der Waals surface area (Å²) < 4.78 is 1.94. The summed E-state index contributed by atoms with van der Waals surface area (Å²) in [6, 6.07) is 0. The average molecular weight is 168 g/mol. The third-order valence-corrected chi connectivity index (χ3v) is 2.08. The van der Waals surface area contributed by atoms with Crippen LogP contribution in [0.5, 0.6) is 0 Å². The molecule has 0 saturated heterocycles. The Kier molecular flexibility index (Phi) is 2.87. The molecule has 0 fully saturated rings. The zero-order valence-corrected chi connectivity index (χ0v) is 7.86. The topological polar surface area (TPSA) is 38.1 Å². The highest BCUT2D eigenvalue weighted by Gasteiger charge is 2.12. The van der Waals surface area contributed by atoms with E-state index in [0.29, 0.717) is 12.3 Å². The fraction of sp³-hybridized carbons (Fsp3) is 0.667. The summed E-state index contributed by atoms with van der Waals surface area (Å²) in [5.74, 6) is 1.23. The first-order valence-corrected chi connectivity index (χ1v) is 4.25. The van der Waals surface area contributed by atoms with Crippen LogP contribution >= 0.6 is 0 Å². The van der Waals surface area contributed by atoms with Gasteiger partial charge in [0.1, 0.15) is 5.82 Å². The summed E-state index contributed by atoms with van der Waals surface area (Å²) in [7, 11) is 1.94. The summed E-state index contributed by atoms with van der Waals surface area (Å²) in [5, 5.41) is 9.57. The molecule has 0 amide bonds. The summed E-state index contributed by atoms with van der Waals surface area (Å²) in [5.41, 5.74) is 0. The molecule has 0 bridgehead atoms. The van der Waals surface area contributed by atoms with Gasteiger partial charge in [-0.3, -0.25) is 0 Å². The minimum Gasteiger partial charge on any atom is -0.392 e. The second kappa shape index (κ2) is 3.72. The van der Waals surface area contributed by atoms with Crippen molar-refractivity contribution in [3.8, 4) is 0 Å². The lowest BCUT2D eigenvalue weighted by Gasteiger charge is -2.13. The van der Waals surface area contributed by atoms with Crippen LogP contribution in [-0.4, -0.2) is 20.8 Å². The first kappa shape index (κ1) is 9.26. The molecule has 1 N–H and O–H groups in total. The van der Waals surface area contributed by atoms with Crippen LogP contribution in [0, 0.1) is 5.92 Å². The van der Waals surface area contributed by atoms with Gasteiger partial charge < -0.3 is 9.67 Å². The van der Waals surface area contributed by atoms with E-state index in [1.807, 2.05) is 31.7 Å². The Bertz CT molecular complexity index is 242. The van der Waals surface area contributed by atoms with Gasteiger partial charge >= 0.3 is 0 Å². The number of aromatic nitrogens is 2. The molecular weight excluding hydrogens is 152 g/mol. The van der Waals surface area contributed by atoms with Crippen LogP contribution in [0.4, 0.5) is 0 Å². The van der Waals surface area contributed by atoms with Crippen molar-refractivity contribution in [3.05, 3.63) is 18.2 Å². The highest BCUT2D eigenvalue weighted by Crippen LogP contribution is 2.07. The van der Waals surface area contributed by atoms with Crippen molar-refractivity contribution in [1.82, 2.24) is 9.55 Å². The normalized spacial score (nSPS) is 13.8. The fourth-order valence-corrected chi connectivity index (χ4v) is 1.02. The lowest BCUT2D eigenvalue weighted by Crippen LogP contribution is -2.19. The second-order valence-corrected chi connectivity index (χ2v) is 3.47. The Balaban J connectivity index is 2.58. The number of aryl methyl sites for hydroxylation is 1. The van der Waals surface area contributed by atoms with Gasteiger partial charge in [-0.25, -0.2) is 4.98 Å². The number of imidazole rings is 1. The first-order chi connectivity index (χ1) is 5.61. The Hall–Kier alpha value is -0.830. The van der Waals surface area contributed by atoms with Crippen LogP contribution < -0.4 is 0 Å². The zero-order valence-electron chi connectivity index (χ0n) is 7.86. The van der Waals surface area contributed by atoms with Crippen molar-refractivity contribution >= 4 is 0 Å². The Morgan fingerprint density at radius 2 is 2.25 bits per heavy atom. The van der Waals surface area contributed by atoms with Gasteiger partial charge in [0.25, 0.3) is 0 Å². The average Bonchev–Trinajstić information content (AvgIpc) is 2.36. The van der Waals surface area contributed by atoms with Gasteiger partial charge in [0, 0.05) is 25.9 Å². The van der Waals surface area contributed by atoms with Crippen molar-refractivity contribution in [3.63, 3.8) is 0 Å². The monoisotopic (exact) mass is 168 g/mol. The van der Waals surface area contributed by atoms with Crippen LogP contribution in [0.1, 0.15) is 19.7 Å². The number of hydrogen-bond donors (Lipinski definition) is 1. The predicted octanol–water partition coefficient (Wildman–Crippen LogP) is 0.980. The first-order valence-electron chi connectivity index (χ1n) is 4.25. The molecule has 1 rings (SSSR count). The Morgan fingerprint density at radius 1 is 1.58 bits per heavy atom. The molecule has 0 aliphatic heterocycles. The van der Waals surface area contributed by atoms with Crippen LogP contribution in [0.2, 0.25) is 0 Å². The number of aliphatic hydroxyl groups is 1. The SMILES string of the molecule is CC(C)C(O)Cc1nccn1C. The molecule has 0 aromatic carbocycles. The second-order valence-electron chi connectivity index (χ2n) is 3.47. The van der Waals surface area contributed by atoms with E-state index in [9.17, 15) is 5.11 Å². The van der Waals surface area contributed by atoms with Gasteiger partial charge in [-0.1, -0.05) is 13.8 Å². The van der Waals surface area contributed by atoms with Crippen molar-refractivity contribution in [2.75, 3.05) is 0 Å². The maximum atomic E-state index is 9.57. The summed E-state index contributed by atoms with van der Waals surface area (Å²) >= 11 is 0. The summed E-state index contributed by atoms with van der Waals surface area (Å²) in [6.07, 6.45) is 4.00. The minimum absolute atomic E-state index is 0.286. The van der Waals surface area contributed by atoms with Gasteiger partial charge in [0.2, 0.25) is 0 Å². The number of hydrogen-bond acceptors (Lipinski definition) is 2. The van der Waals surface area contributed by atoms with Crippen molar-refractivity contribution in [1.29, 1.82) is 0 Å². The number of aliphatic hydroxyl groups excluding tert-OH is 1. The quantitative estimate of drug-likeness (QED) is 0.730. The Morgan fingerprint density at radius 3 is 2.67 bits per heavy atom. The molecule has 12 heavy (non-hydrogen) atoms. The van der Waals surface area contributed by atoms with Crippen LogP contribution in [0.15, 0.2) is 12.4 Å². The molecule has 1 aromatic heterocycles. The van der Waals surface area contributed by atoms with E-state index in [0.717, 1.165) is 5.82 Å². The van der Waals surface area contributed by atoms with Crippen molar-refractivity contribution in [2.45, 2.75) is 26.4 Å². The molecule has 3 nitrogen and oxygen atoms in total. The molecule has 0 aliphatic carbocycles. The van der Waals surface area contributed by atoms with E-state index in [-0.39, 0.29) is 6.10 Å². The lowest BCUT2D eigenvalue weighted by atomic mass is 10.0. The predicted molar refractivity (Wildman–Crippen MR) is 47.8 cm³/mol. The smallest absolute Gasteiger partial charge is 0.110 e.